The monoisotopic (exact) mass is 218 g/mol. The van der Waals surface area contributed by atoms with Crippen molar-refractivity contribution in [2.75, 3.05) is 18.1 Å². The van der Waals surface area contributed by atoms with Crippen molar-refractivity contribution in [1.82, 2.24) is 0 Å². The Morgan fingerprint density at radius 2 is 2.00 bits per heavy atom. The molecule has 0 aliphatic carbocycles. The van der Waals surface area contributed by atoms with E-state index in [9.17, 15) is 8.42 Å². The summed E-state index contributed by atoms with van der Waals surface area (Å²) in [6.07, 6.45) is 2.56. The molecular formula is C10H18O3S. The summed E-state index contributed by atoms with van der Waals surface area (Å²) in [6, 6.07) is 0. The third-order valence-corrected chi connectivity index (χ3v) is 4.62. The molecule has 1 heterocycles. The van der Waals surface area contributed by atoms with E-state index < -0.39 is 9.84 Å². The number of ether oxygens (including phenoxy) is 1. The number of hydrogen-bond donors (Lipinski definition) is 0. The normalized spacial score (nSPS) is 22.2. The van der Waals surface area contributed by atoms with E-state index in [-0.39, 0.29) is 16.9 Å². The molecule has 0 amide bonds. The molecule has 0 radical (unpaired) electrons. The Bertz CT molecular complexity index is 311. The molecule has 0 atom stereocenters. The van der Waals surface area contributed by atoms with Gasteiger partial charge in [-0.25, -0.2) is 8.42 Å². The SMILES string of the molecule is CCC1(COC=C(C)C)CS(=O)(=O)C1. The van der Waals surface area contributed by atoms with Crippen molar-refractivity contribution in [2.45, 2.75) is 27.2 Å². The van der Waals surface area contributed by atoms with E-state index in [1.807, 2.05) is 20.8 Å². The Hall–Kier alpha value is -0.510. The molecule has 0 bridgehead atoms. The van der Waals surface area contributed by atoms with Gasteiger partial charge in [-0.3, -0.25) is 0 Å². The molecule has 1 aliphatic heterocycles. The number of allylic oxidation sites excluding steroid dienone is 1. The van der Waals surface area contributed by atoms with E-state index in [0.29, 0.717) is 6.61 Å². The molecule has 0 spiro atoms. The molecule has 0 aromatic rings. The van der Waals surface area contributed by atoms with Gasteiger partial charge in [-0.1, -0.05) is 6.92 Å². The molecule has 1 aliphatic rings. The van der Waals surface area contributed by atoms with Gasteiger partial charge in [-0.2, -0.15) is 0 Å². The molecule has 0 N–H and O–H groups in total. The van der Waals surface area contributed by atoms with E-state index in [1.165, 1.54) is 0 Å². The lowest BCUT2D eigenvalue weighted by molar-refractivity contribution is 0.125. The first-order chi connectivity index (χ1) is 6.39. The molecule has 0 saturated carbocycles. The van der Waals surface area contributed by atoms with Crippen LogP contribution in [0.25, 0.3) is 0 Å². The van der Waals surface area contributed by atoms with Gasteiger partial charge in [0.1, 0.15) is 0 Å². The molecule has 0 unspecified atom stereocenters. The highest BCUT2D eigenvalue weighted by Gasteiger charge is 2.47. The van der Waals surface area contributed by atoms with Crippen LogP contribution in [0.4, 0.5) is 0 Å². The standard InChI is InChI=1S/C10H18O3S/c1-4-10(6-13-5-9(2)3)7-14(11,12)8-10/h5H,4,6-8H2,1-3H3. The largest absolute Gasteiger partial charge is 0.501 e. The zero-order valence-electron chi connectivity index (χ0n) is 9.04. The van der Waals surface area contributed by atoms with Gasteiger partial charge in [0.25, 0.3) is 0 Å². The minimum Gasteiger partial charge on any atom is -0.501 e. The van der Waals surface area contributed by atoms with Crippen molar-refractivity contribution >= 4 is 9.84 Å². The van der Waals surface area contributed by atoms with Gasteiger partial charge in [0.15, 0.2) is 9.84 Å². The lowest BCUT2D eigenvalue weighted by Crippen LogP contribution is -2.50. The Morgan fingerprint density at radius 1 is 1.43 bits per heavy atom. The molecule has 0 aromatic carbocycles. The lowest BCUT2D eigenvalue weighted by Gasteiger charge is -2.39. The summed E-state index contributed by atoms with van der Waals surface area (Å²) in [5.41, 5.74) is 0.976. The molecule has 4 heteroatoms. The summed E-state index contributed by atoms with van der Waals surface area (Å²) in [5.74, 6) is 0.570. The smallest absolute Gasteiger partial charge is 0.151 e. The van der Waals surface area contributed by atoms with Crippen LogP contribution in [0.15, 0.2) is 11.8 Å². The zero-order chi connectivity index (χ0) is 10.8. The Morgan fingerprint density at radius 3 is 2.36 bits per heavy atom. The molecule has 82 valence electrons. The maximum atomic E-state index is 11.1. The maximum Gasteiger partial charge on any atom is 0.151 e. The quantitative estimate of drug-likeness (QED) is 0.675. The topological polar surface area (TPSA) is 43.4 Å². The van der Waals surface area contributed by atoms with Gasteiger partial charge in [-0.05, 0) is 25.8 Å². The highest BCUT2D eigenvalue weighted by atomic mass is 32.2. The van der Waals surface area contributed by atoms with E-state index in [0.717, 1.165) is 12.0 Å². The highest BCUT2D eigenvalue weighted by Crippen LogP contribution is 2.36. The molecule has 1 rings (SSSR count). The summed E-state index contributed by atoms with van der Waals surface area (Å²) >= 11 is 0. The second-order valence-corrected chi connectivity index (χ2v) is 6.46. The fourth-order valence-electron chi connectivity index (χ4n) is 1.67. The molecule has 3 nitrogen and oxygen atoms in total. The fourth-order valence-corrected chi connectivity index (χ4v) is 4.02. The average Bonchev–Trinajstić information content (AvgIpc) is 1.99. The van der Waals surface area contributed by atoms with E-state index in [4.69, 9.17) is 4.74 Å². The molecule has 1 saturated heterocycles. The van der Waals surface area contributed by atoms with E-state index in [1.54, 1.807) is 6.26 Å². The van der Waals surface area contributed by atoms with Crippen LogP contribution in [0, 0.1) is 5.41 Å². The van der Waals surface area contributed by atoms with Gasteiger partial charge in [0, 0.05) is 5.41 Å². The Balaban J connectivity index is 2.46. The van der Waals surface area contributed by atoms with Crippen LogP contribution < -0.4 is 0 Å². The average molecular weight is 218 g/mol. The molecule has 0 aromatic heterocycles. The van der Waals surface area contributed by atoms with E-state index >= 15 is 0 Å². The summed E-state index contributed by atoms with van der Waals surface area (Å²) in [4.78, 5) is 0. The lowest BCUT2D eigenvalue weighted by atomic mass is 9.90. The summed E-state index contributed by atoms with van der Waals surface area (Å²) < 4.78 is 27.5. The zero-order valence-corrected chi connectivity index (χ0v) is 9.86. The van der Waals surface area contributed by atoms with Crippen LogP contribution in [0.3, 0.4) is 0 Å². The molecular weight excluding hydrogens is 200 g/mol. The van der Waals surface area contributed by atoms with Crippen LogP contribution in [0.5, 0.6) is 0 Å². The van der Waals surface area contributed by atoms with Crippen molar-refractivity contribution < 1.29 is 13.2 Å². The number of rotatable bonds is 4. The van der Waals surface area contributed by atoms with Gasteiger partial charge in [0.2, 0.25) is 0 Å². The Kier molecular flexibility index (Phi) is 3.24. The number of sulfone groups is 1. The predicted octanol–water partition coefficient (Wildman–Crippen LogP) is 1.75. The number of hydrogen-bond acceptors (Lipinski definition) is 3. The third kappa shape index (κ3) is 2.74. The molecule has 1 fully saturated rings. The second-order valence-electron chi connectivity index (χ2n) is 4.39. The van der Waals surface area contributed by atoms with Crippen molar-refractivity contribution in [3.63, 3.8) is 0 Å². The first-order valence-corrected chi connectivity index (χ1v) is 6.67. The van der Waals surface area contributed by atoms with Gasteiger partial charge in [-0.15, -0.1) is 0 Å². The highest BCUT2D eigenvalue weighted by molar-refractivity contribution is 7.92. The molecule has 14 heavy (non-hydrogen) atoms. The predicted molar refractivity (Wildman–Crippen MR) is 56.8 cm³/mol. The van der Waals surface area contributed by atoms with Gasteiger partial charge in [0.05, 0.1) is 24.4 Å². The van der Waals surface area contributed by atoms with Crippen LogP contribution in [0.2, 0.25) is 0 Å². The summed E-state index contributed by atoms with van der Waals surface area (Å²) in [6.45, 7) is 6.45. The maximum absolute atomic E-state index is 11.1. The fraction of sp³-hybridized carbons (Fsp3) is 0.800. The van der Waals surface area contributed by atoms with Crippen LogP contribution in [-0.4, -0.2) is 26.5 Å². The second kappa shape index (κ2) is 3.93. The van der Waals surface area contributed by atoms with Crippen molar-refractivity contribution in [3.8, 4) is 0 Å². The Labute approximate surface area is 86.1 Å². The van der Waals surface area contributed by atoms with Crippen LogP contribution >= 0.6 is 0 Å². The minimum atomic E-state index is -2.75. The van der Waals surface area contributed by atoms with Crippen molar-refractivity contribution in [1.29, 1.82) is 0 Å². The van der Waals surface area contributed by atoms with Crippen LogP contribution in [0.1, 0.15) is 27.2 Å². The summed E-state index contributed by atoms with van der Waals surface area (Å²) in [7, 11) is -2.75. The van der Waals surface area contributed by atoms with E-state index in [2.05, 4.69) is 0 Å². The van der Waals surface area contributed by atoms with Crippen LogP contribution in [-0.2, 0) is 14.6 Å². The third-order valence-electron chi connectivity index (χ3n) is 2.51. The minimum absolute atomic E-state index is 0.120. The first-order valence-electron chi connectivity index (χ1n) is 4.85. The summed E-state index contributed by atoms with van der Waals surface area (Å²) in [5, 5.41) is 0. The van der Waals surface area contributed by atoms with Crippen molar-refractivity contribution in [2.24, 2.45) is 5.41 Å². The first kappa shape index (κ1) is 11.6. The van der Waals surface area contributed by atoms with Crippen molar-refractivity contribution in [3.05, 3.63) is 11.8 Å². The van der Waals surface area contributed by atoms with Gasteiger partial charge < -0.3 is 4.74 Å². The van der Waals surface area contributed by atoms with Gasteiger partial charge >= 0.3 is 0 Å².